The quantitative estimate of drug-likeness (QED) is 0.106. The average molecular weight is 516 g/mol. The zero-order chi connectivity index (χ0) is 25.8. The van der Waals surface area contributed by atoms with E-state index in [1.54, 1.807) is 6.07 Å². The molecular weight excluding hydrogens is 486 g/mol. The lowest BCUT2D eigenvalue weighted by molar-refractivity contribution is 0.00456. The van der Waals surface area contributed by atoms with Crippen LogP contribution in [0.15, 0.2) is 90.0 Å². The second kappa shape index (κ2) is 12.4. The van der Waals surface area contributed by atoms with Crippen LogP contribution in [-0.2, 0) is 19.4 Å². The predicted molar refractivity (Wildman–Crippen MR) is 153 cm³/mol. The van der Waals surface area contributed by atoms with E-state index in [9.17, 15) is 9.59 Å². The van der Waals surface area contributed by atoms with Crippen LogP contribution in [0.25, 0.3) is 16.0 Å². The number of rotatable bonds is 3. The number of azide groups is 1. The molecule has 0 heterocycles. The predicted octanol–water partition coefficient (Wildman–Crippen LogP) is 7.37. The Kier molecular flexibility index (Phi) is 9.08. The van der Waals surface area contributed by atoms with Gasteiger partial charge in [0.1, 0.15) is 0 Å². The number of carbonyl (C=O) groups is 2. The van der Waals surface area contributed by atoms with Gasteiger partial charge in [0.2, 0.25) is 0 Å². The first-order valence-electron chi connectivity index (χ1n) is 11.8. The molecular formula is C32H29N5O2. The van der Waals surface area contributed by atoms with Gasteiger partial charge in [-0.15, -0.1) is 0 Å². The highest BCUT2D eigenvalue weighted by Crippen LogP contribution is 2.28. The van der Waals surface area contributed by atoms with Crippen LogP contribution in [0.1, 0.15) is 80.1 Å². The van der Waals surface area contributed by atoms with Crippen molar-refractivity contribution >= 4 is 17.8 Å². The lowest BCUT2D eigenvalue weighted by Crippen LogP contribution is -2.15. The molecule has 2 aliphatic carbocycles. The van der Waals surface area contributed by atoms with E-state index in [4.69, 9.17) is 11.1 Å². The number of nitrogens with zero attached hydrogens (tertiary/aromatic N) is 5. The molecule has 0 atom stereocenters. The number of benzene rings is 4. The molecule has 4 aromatic carbocycles. The monoisotopic (exact) mass is 515 g/mol. The van der Waals surface area contributed by atoms with Crippen molar-refractivity contribution in [1.29, 1.82) is 0 Å². The van der Waals surface area contributed by atoms with Crippen LogP contribution in [-0.4, -0.2) is 22.6 Å². The van der Waals surface area contributed by atoms with Crippen LogP contribution in [0.5, 0.6) is 0 Å². The van der Waals surface area contributed by atoms with E-state index in [-0.39, 0.29) is 33.0 Å². The Hall–Kier alpha value is -5.09. The third kappa shape index (κ3) is 5.76. The number of ketones is 2. The molecule has 7 nitrogen and oxygen atoms in total. The molecule has 0 saturated heterocycles. The largest absolute Gasteiger partial charge is 0.361 e. The maximum atomic E-state index is 12.4. The number of fused-ring (bicyclic) bond motifs is 4. The Bertz CT molecular complexity index is 1660. The molecule has 7 heteroatoms. The van der Waals surface area contributed by atoms with E-state index in [2.05, 4.69) is 14.8 Å². The van der Waals surface area contributed by atoms with Crippen LogP contribution in [0.3, 0.4) is 0 Å². The van der Waals surface area contributed by atoms with Crippen molar-refractivity contribution in [3.05, 3.63) is 157 Å². The average Bonchev–Trinajstić information content (AvgIpc) is 2.93. The first-order chi connectivity index (χ1) is 18.1. The van der Waals surface area contributed by atoms with Gasteiger partial charge in [0.15, 0.2) is 11.6 Å². The first kappa shape index (κ1) is 28.5. The van der Waals surface area contributed by atoms with Crippen molar-refractivity contribution in [3.63, 3.8) is 0 Å². The van der Waals surface area contributed by atoms with Crippen LogP contribution < -0.4 is 0 Å². The van der Waals surface area contributed by atoms with Gasteiger partial charge < -0.3 is 5.53 Å². The lowest BCUT2D eigenvalue weighted by Gasteiger charge is -2.18. The summed E-state index contributed by atoms with van der Waals surface area (Å²) in [5.41, 5.74) is 25.6. The van der Waals surface area contributed by atoms with Crippen LogP contribution in [0, 0.1) is 0 Å². The van der Waals surface area contributed by atoms with Crippen molar-refractivity contribution in [2.75, 3.05) is 0 Å². The van der Waals surface area contributed by atoms with Gasteiger partial charge in [0.25, 0.3) is 6.21 Å². The number of carbonyl (C=O) groups excluding carboxylic acids is 2. The van der Waals surface area contributed by atoms with E-state index in [1.807, 2.05) is 78.9 Å². The molecule has 2 aliphatic rings. The van der Waals surface area contributed by atoms with Crippen molar-refractivity contribution in [1.82, 2.24) is 0 Å². The van der Waals surface area contributed by atoms with Crippen LogP contribution in [0.2, 0.25) is 0 Å². The molecule has 0 amide bonds. The lowest BCUT2D eigenvalue weighted by atomic mass is 9.84. The molecule has 194 valence electrons. The highest BCUT2D eigenvalue weighted by atomic mass is 16.1. The standard InChI is InChI=1S/C15H11N3O.C15H10N2O.2CH4/c16-18-17-9-10-5-6-12-8-11-3-1-2-4-13(11)15(19)14(12)7-10;16-17-9-10-5-6-12-8-11-3-1-2-4-13(11)15(18)14(12)7-10;;/h1-7H,8-9H2;1-7,9H,8H2;2*1H4. The molecule has 6 rings (SSSR count). The Labute approximate surface area is 228 Å². The minimum atomic E-state index is 0. The van der Waals surface area contributed by atoms with Crippen molar-refractivity contribution in [3.8, 4) is 0 Å². The molecule has 0 radical (unpaired) electrons. The molecule has 0 aliphatic heterocycles. The Morgan fingerprint density at radius 3 is 1.74 bits per heavy atom. The molecule has 0 N–H and O–H groups in total. The van der Waals surface area contributed by atoms with E-state index >= 15 is 0 Å². The third-order valence-corrected chi connectivity index (χ3v) is 6.61. The zero-order valence-corrected chi connectivity index (χ0v) is 19.8. The summed E-state index contributed by atoms with van der Waals surface area (Å²) in [6.07, 6.45) is 2.88. The van der Waals surface area contributed by atoms with Gasteiger partial charge in [-0.25, -0.2) is 0 Å². The molecule has 39 heavy (non-hydrogen) atoms. The summed E-state index contributed by atoms with van der Waals surface area (Å²) in [4.78, 5) is 30.5. The maximum Gasteiger partial charge on any atom is 0.287 e. The number of hydrogen-bond donors (Lipinski definition) is 0. The SMILES string of the molecule is C.C.[N-]=[N+]=Cc1ccc2c(c1)C(=O)c1ccccc1C2.[N-]=[N+]=NCc1ccc2c(c1)C(=O)c1ccccc1C2. The minimum Gasteiger partial charge on any atom is -0.361 e. The highest BCUT2D eigenvalue weighted by Gasteiger charge is 2.24. The van der Waals surface area contributed by atoms with E-state index < -0.39 is 0 Å². The summed E-state index contributed by atoms with van der Waals surface area (Å²) in [6.45, 7) is 0.276. The second-order valence-electron chi connectivity index (χ2n) is 8.87. The molecule has 0 aromatic heterocycles. The summed E-state index contributed by atoms with van der Waals surface area (Å²) in [5, 5.41) is 3.53. The summed E-state index contributed by atoms with van der Waals surface area (Å²) >= 11 is 0. The Morgan fingerprint density at radius 1 is 0.667 bits per heavy atom. The van der Waals surface area contributed by atoms with Gasteiger partial charge in [0.05, 0.1) is 12.1 Å². The van der Waals surface area contributed by atoms with E-state index in [0.717, 1.165) is 62.9 Å². The molecule has 4 aromatic rings. The first-order valence-corrected chi connectivity index (χ1v) is 11.8. The zero-order valence-electron chi connectivity index (χ0n) is 19.8. The fraction of sp³-hybridized carbons (Fsp3) is 0.156. The van der Waals surface area contributed by atoms with Crippen molar-refractivity contribution in [2.24, 2.45) is 5.11 Å². The Morgan fingerprint density at radius 2 is 1.18 bits per heavy atom. The van der Waals surface area contributed by atoms with Gasteiger partial charge in [0, 0.05) is 27.2 Å². The van der Waals surface area contributed by atoms with E-state index in [0.29, 0.717) is 5.56 Å². The third-order valence-electron chi connectivity index (χ3n) is 6.61. The summed E-state index contributed by atoms with van der Waals surface area (Å²) in [7, 11) is 0. The smallest absolute Gasteiger partial charge is 0.287 e. The maximum absolute atomic E-state index is 12.4. The van der Waals surface area contributed by atoms with E-state index in [1.165, 1.54) is 6.21 Å². The topological polar surface area (TPSA) is 119 Å². The molecule has 0 spiro atoms. The minimum absolute atomic E-state index is 0. The molecule has 0 bridgehead atoms. The Balaban J connectivity index is 0.000000205. The normalized spacial score (nSPS) is 11.7. The van der Waals surface area contributed by atoms with Crippen LogP contribution in [0.4, 0.5) is 0 Å². The van der Waals surface area contributed by atoms with Gasteiger partial charge in [-0.1, -0.05) is 86.7 Å². The summed E-state index contributed by atoms with van der Waals surface area (Å²) in [6, 6.07) is 26.6. The second-order valence-corrected chi connectivity index (χ2v) is 8.87. The highest BCUT2D eigenvalue weighted by molar-refractivity contribution is 6.13. The summed E-state index contributed by atoms with van der Waals surface area (Å²) in [5.74, 6) is 0.0969. The van der Waals surface area contributed by atoms with Gasteiger partial charge in [-0.2, -0.15) is 4.79 Å². The fourth-order valence-corrected chi connectivity index (χ4v) is 4.80. The van der Waals surface area contributed by atoms with Crippen LogP contribution >= 0.6 is 0 Å². The van der Waals surface area contributed by atoms with Gasteiger partial charge in [-0.05, 0) is 64.4 Å². The van der Waals surface area contributed by atoms with Crippen molar-refractivity contribution in [2.45, 2.75) is 34.2 Å². The van der Waals surface area contributed by atoms with Gasteiger partial charge in [-0.3, -0.25) is 9.59 Å². The van der Waals surface area contributed by atoms with Crippen molar-refractivity contribution < 1.29 is 14.4 Å². The number of hydrogen-bond acceptors (Lipinski definition) is 3. The van der Waals surface area contributed by atoms with Gasteiger partial charge >= 0.3 is 0 Å². The summed E-state index contributed by atoms with van der Waals surface area (Å²) < 4.78 is 0. The molecule has 0 unspecified atom stereocenters. The molecule has 0 saturated carbocycles. The molecule has 0 fully saturated rings. The fourth-order valence-electron chi connectivity index (χ4n) is 4.80.